The third-order valence-electron chi connectivity index (χ3n) is 2.95. The van der Waals surface area contributed by atoms with Crippen LogP contribution in [0.2, 0.25) is 0 Å². The standard InChI is InChI=1S/C15H22N2O2/c1-13(2)17(10-6-9-16)11-12-19-15-8-5-4-7-14(15)18-3/h4-5,7-8,13H,6,10-12H2,1-3H3. The van der Waals surface area contributed by atoms with Crippen molar-refractivity contribution >= 4 is 0 Å². The lowest BCUT2D eigenvalue weighted by Gasteiger charge is -2.25. The highest BCUT2D eigenvalue weighted by Crippen LogP contribution is 2.25. The summed E-state index contributed by atoms with van der Waals surface area (Å²) in [6, 6.07) is 10.2. The zero-order valence-corrected chi connectivity index (χ0v) is 11.9. The van der Waals surface area contributed by atoms with Gasteiger partial charge < -0.3 is 9.47 Å². The Morgan fingerprint density at radius 3 is 2.47 bits per heavy atom. The van der Waals surface area contributed by atoms with Gasteiger partial charge in [0, 0.05) is 25.6 Å². The van der Waals surface area contributed by atoms with Crippen molar-refractivity contribution in [1.82, 2.24) is 4.90 Å². The van der Waals surface area contributed by atoms with E-state index in [1.807, 2.05) is 24.3 Å². The summed E-state index contributed by atoms with van der Waals surface area (Å²) in [7, 11) is 1.63. The Morgan fingerprint density at radius 2 is 1.89 bits per heavy atom. The first kappa shape index (κ1) is 15.3. The van der Waals surface area contributed by atoms with Crippen LogP contribution in [0, 0.1) is 11.3 Å². The largest absolute Gasteiger partial charge is 0.493 e. The van der Waals surface area contributed by atoms with Crippen LogP contribution < -0.4 is 9.47 Å². The summed E-state index contributed by atoms with van der Waals surface area (Å²) in [5.41, 5.74) is 0. The molecule has 0 aromatic heterocycles. The monoisotopic (exact) mass is 262 g/mol. The highest BCUT2D eigenvalue weighted by Gasteiger charge is 2.09. The Bertz CT molecular complexity index is 413. The van der Waals surface area contributed by atoms with Gasteiger partial charge >= 0.3 is 0 Å². The van der Waals surface area contributed by atoms with Gasteiger partial charge in [0.15, 0.2) is 11.5 Å². The molecule has 0 aliphatic carbocycles. The first-order valence-electron chi connectivity index (χ1n) is 6.56. The number of rotatable bonds is 8. The molecule has 4 nitrogen and oxygen atoms in total. The molecule has 1 aromatic carbocycles. The molecule has 104 valence electrons. The van der Waals surface area contributed by atoms with Crippen molar-refractivity contribution in [1.29, 1.82) is 5.26 Å². The van der Waals surface area contributed by atoms with Gasteiger partial charge in [-0.05, 0) is 26.0 Å². The van der Waals surface area contributed by atoms with Crippen molar-refractivity contribution in [3.63, 3.8) is 0 Å². The number of ether oxygens (including phenoxy) is 2. The summed E-state index contributed by atoms with van der Waals surface area (Å²) in [4.78, 5) is 2.23. The van der Waals surface area contributed by atoms with E-state index in [0.29, 0.717) is 19.1 Å². The van der Waals surface area contributed by atoms with Gasteiger partial charge in [0.25, 0.3) is 0 Å². The minimum Gasteiger partial charge on any atom is -0.493 e. The van der Waals surface area contributed by atoms with E-state index in [0.717, 1.165) is 24.6 Å². The van der Waals surface area contributed by atoms with E-state index in [2.05, 4.69) is 24.8 Å². The van der Waals surface area contributed by atoms with Gasteiger partial charge in [0.1, 0.15) is 6.61 Å². The lowest BCUT2D eigenvalue weighted by atomic mass is 10.3. The molecule has 0 spiro atoms. The average Bonchev–Trinajstić information content (AvgIpc) is 2.42. The molecule has 0 fully saturated rings. The van der Waals surface area contributed by atoms with Crippen LogP contribution in [0.4, 0.5) is 0 Å². The molecule has 0 N–H and O–H groups in total. The van der Waals surface area contributed by atoms with Crippen LogP contribution in [0.3, 0.4) is 0 Å². The molecule has 0 radical (unpaired) electrons. The summed E-state index contributed by atoms with van der Waals surface area (Å²) in [6.45, 7) is 6.42. The summed E-state index contributed by atoms with van der Waals surface area (Å²) < 4.78 is 11.0. The van der Waals surface area contributed by atoms with Crippen molar-refractivity contribution in [2.24, 2.45) is 0 Å². The molecule has 0 amide bonds. The van der Waals surface area contributed by atoms with Crippen LogP contribution in [0.15, 0.2) is 24.3 Å². The normalized spacial score (nSPS) is 10.5. The molecule has 1 rings (SSSR count). The van der Waals surface area contributed by atoms with Crippen LogP contribution in [0.25, 0.3) is 0 Å². The van der Waals surface area contributed by atoms with Gasteiger partial charge in [-0.3, -0.25) is 4.90 Å². The summed E-state index contributed by atoms with van der Waals surface area (Å²) in [5, 5.41) is 8.64. The molecule has 0 unspecified atom stereocenters. The van der Waals surface area contributed by atoms with Crippen molar-refractivity contribution in [3.8, 4) is 17.6 Å². The molecule has 0 atom stereocenters. The SMILES string of the molecule is COc1ccccc1OCCN(CCC#N)C(C)C. The number of para-hydroxylation sites is 2. The highest BCUT2D eigenvalue weighted by atomic mass is 16.5. The third kappa shape index (κ3) is 5.19. The van der Waals surface area contributed by atoms with Gasteiger partial charge in [0.05, 0.1) is 13.2 Å². The first-order valence-corrected chi connectivity index (χ1v) is 6.56. The number of hydrogen-bond donors (Lipinski definition) is 0. The van der Waals surface area contributed by atoms with Gasteiger partial charge in [0.2, 0.25) is 0 Å². The Kier molecular flexibility index (Phi) is 6.76. The molecule has 0 aliphatic heterocycles. The van der Waals surface area contributed by atoms with Crippen LogP contribution in [-0.2, 0) is 0 Å². The Morgan fingerprint density at radius 1 is 1.21 bits per heavy atom. The Balaban J connectivity index is 2.45. The Hall–Kier alpha value is -1.73. The fraction of sp³-hybridized carbons (Fsp3) is 0.533. The number of benzene rings is 1. The third-order valence-corrected chi connectivity index (χ3v) is 2.95. The molecule has 1 aromatic rings. The molecular formula is C15H22N2O2. The number of hydrogen-bond acceptors (Lipinski definition) is 4. The van der Waals surface area contributed by atoms with E-state index in [-0.39, 0.29) is 0 Å². The topological polar surface area (TPSA) is 45.5 Å². The number of nitriles is 1. The van der Waals surface area contributed by atoms with Gasteiger partial charge in [-0.1, -0.05) is 12.1 Å². The van der Waals surface area contributed by atoms with E-state index in [9.17, 15) is 0 Å². The summed E-state index contributed by atoms with van der Waals surface area (Å²) in [6.07, 6.45) is 0.548. The van der Waals surface area contributed by atoms with E-state index in [1.165, 1.54) is 0 Å². The van der Waals surface area contributed by atoms with Crippen LogP contribution in [-0.4, -0.2) is 37.7 Å². The van der Waals surface area contributed by atoms with Crippen LogP contribution in [0.1, 0.15) is 20.3 Å². The predicted octanol–water partition coefficient (Wildman–Crippen LogP) is 2.70. The zero-order valence-electron chi connectivity index (χ0n) is 11.9. The lowest BCUT2D eigenvalue weighted by Crippen LogP contribution is -2.35. The minimum absolute atomic E-state index is 0.412. The molecule has 0 saturated carbocycles. The molecule has 0 aliphatic rings. The summed E-state index contributed by atoms with van der Waals surface area (Å²) in [5.74, 6) is 1.50. The number of nitrogens with zero attached hydrogens (tertiary/aromatic N) is 2. The quantitative estimate of drug-likeness (QED) is 0.722. The fourth-order valence-corrected chi connectivity index (χ4v) is 1.83. The molecule has 0 bridgehead atoms. The maximum absolute atomic E-state index is 8.64. The predicted molar refractivity (Wildman–Crippen MR) is 75.4 cm³/mol. The highest BCUT2D eigenvalue weighted by molar-refractivity contribution is 5.39. The van der Waals surface area contributed by atoms with Crippen LogP contribution in [0.5, 0.6) is 11.5 Å². The molecular weight excluding hydrogens is 240 g/mol. The second kappa shape index (κ2) is 8.39. The molecule has 4 heteroatoms. The molecule has 19 heavy (non-hydrogen) atoms. The first-order chi connectivity index (χ1) is 9.19. The fourth-order valence-electron chi connectivity index (χ4n) is 1.83. The van der Waals surface area contributed by atoms with Gasteiger partial charge in [-0.2, -0.15) is 5.26 Å². The lowest BCUT2D eigenvalue weighted by molar-refractivity contribution is 0.176. The maximum Gasteiger partial charge on any atom is 0.161 e. The average molecular weight is 262 g/mol. The maximum atomic E-state index is 8.64. The Labute approximate surface area is 115 Å². The smallest absolute Gasteiger partial charge is 0.161 e. The van der Waals surface area contributed by atoms with Crippen molar-refractivity contribution in [2.75, 3.05) is 26.8 Å². The second-order valence-electron chi connectivity index (χ2n) is 4.54. The molecule has 0 saturated heterocycles. The van der Waals surface area contributed by atoms with E-state index >= 15 is 0 Å². The van der Waals surface area contributed by atoms with Crippen molar-refractivity contribution in [2.45, 2.75) is 26.3 Å². The number of methoxy groups -OCH3 is 1. The van der Waals surface area contributed by atoms with E-state index in [4.69, 9.17) is 14.7 Å². The van der Waals surface area contributed by atoms with Gasteiger partial charge in [-0.25, -0.2) is 0 Å². The van der Waals surface area contributed by atoms with Crippen molar-refractivity contribution in [3.05, 3.63) is 24.3 Å². The van der Waals surface area contributed by atoms with Crippen LogP contribution >= 0.6 is 0 Å². The second-order valence-corrected chi connectivity index (χ2v) is 4.54. The molecule has 0 heterocycles. The zero-order chi connectivity index (χ0) is 14.1. The van der Waals surface area contributed by atoms with Gasteiger partial charge in [-0.15, -0.1) is 0 Å². The summed E-state index contributed by atoms with van der Waals surface area (Å²) >= 11 is 0. The van der Waals surface area contributed by atoms with E-state index in [1.54, 1.807) is 7.11 Å². The minimum atomic E-state index is 0.412. The van der Waals surface area contributed by atoms with E-state index < -0.39 is 0 Å². The van der Waals surface area contributed by atoms with Crippen molar-refractivity contribution < 1.29 is 9.47 Å².